The molecule has 0 saturated carbocycles. The number of ether oxygens (including phenoxy) is 1. The fourth-order valence-corrected chi connectivity index (χ4v) is 3.96. The van der Waals surface area contributed by atoms with Gasteiger partial charge in [0.05, 0.1) is 17.6 Å². The number of ketones is 1. The molecule has 110 valence electrons. The van der Waals surface area contributed by atoms with Crippen molar-refractivity contribution in [2.24, 2.45) is 0 Å². The first-order valence-electron chi connectivity index (χ1n) is 7.16. The molecule has 0 bridgehead atoms. The number of aryl methyl sites for hydroxylation is 1. The zero-order chi connectivity index (χ0) is 14.8. The van der Waals surface area contributed by atoms with Crippen molar-refractivity contribution in [3.8, 4) is 5.75 Å². The minimum atomic E-state index is 0.0373. The molecule has 5 heteroatoms. The van der Waals surface area contributed by atoms with Crippen LogP contribution in [0.4, 0.5) is 5.13 Å². The van der Waals surface area contributed by atoms with Gasteiger partial charge in [-0.1, -0.05) is 23.5 Å². The lowest BCUT2D eigenvalue weighted by molar-refractivity contribution is -0.672. The molecular formula is C16H19N2O2S+. The van der Waals surface area contributed by atoms with E-state index in [4.69, 9.17) is 10.5 Å². The van der Waals surface area contributed by atoms with Crippen molar-refractivity contribution in [1.29, 1.82) is 0 Å². The summed E-state index contributed by atoms with van der Waals surface area (Å²) in [5.41, 5.74) is 7.97. The highest BCUT2D eigenvalue weighted by Gasteiger charge is 2.26. The van der Waals surface area contributed by atoms with Crippen molar-refractivity contribution in [2.45, 2.75) is 32.2 Å². The Labute approximate surface area is 128 Å². The van der Waals surface area contributed by atoms with Crippen LogP contribution in [-0.2, 0) is 19.4 Å². The molecule has 1 aliphatic rings. The first kappa shape index (κ1) is 14.1. The number of aromatic nitrogens is 1. The van der Waals surface area contributed by atoms with E-state index in [9.17, 15) is 4.79 Å². The highest BCUT2D eigenvalue weighted by molar-refractivity contribution is 7.15. The summed E-state index contributed by atoms with van der Waals surface area (Å²) in [6.07, 6.45) is 4.49. The highest BCUT2D eigenvalue weighted by atomic mass is 32.1. The smallest absolute Gasteiger partial charge is 0.332 e. The van der Waals surface area contributed by atoms with Crippen LogP contribution >= 0.6 is 11.3 Å². The van der Waals surface area contributed by atoms with Crippen molar-refractivity contribution in [2.75, 3.05) is 12.8 Å². The summed E-state index contributed by atoms with van der Waals surface area (Å²) in [5, 5.41) is 0.727. The van der Waals surface area contributed by atoms with Crippen LogP contribution < -0.4 is 15.0 Å². The molecule has 21 heavy (non-hydrogen) atoms. The average molecular weight is 303 g/mol. The van der Waals surface area contributed by atoms with Gasteiger partial charge in [0.1, 0.15) is 11.4 Å². The number of methoxy groups -OCH3 is 1. The van der Waals surface area contributed by atoms with Crippen LogP contribution in [0.1, 0.15) is 33.8 Å². The maximum atomic E-state index is 12.6. The van der Waals surface area contributed by atoms with E-state index in [2.05, 4.69) is 0 Å². The van der Waals surface area contributed by atoms with Gasteiger partial charge in [0.2, 0.25) is 5.78 Å². The molecule has 1 heterocycles. The summed E-state index contributed by atoms with van der Waals surface area (Å²) >= 11 is 1.62. The quantitative estimate of drug-likeness (QED) is 0.697. The topological polar surface area (TPSA) is 56.2 Å². The van der Waals surface area contributed by atoms with Gasteiger partial charge < -0.3 is 4.74 Å². The summed E-state index contributed by atoms with van der Waals surface area (Å²) in [5.74, 6) is 0.654. The molecule has 0 aliphatic heterocycles. The van der Waals surface area contributed by atoms with Crippen LogP contribution in [0, 0.1) is 0 Å². The van der Waals surface area contributed by atoms with Crippen LogP contribution in [-0.4, -0.2) is 12.9 Å². The molecule has 0 fully saturated rings. The predicted molar refractivity (Wildman–Crippen MR) is 82.9 cm³/mol. The maximum absolute atomic E-state index is 12.6. The van der Waals surface area contributed by atoms with Gasteiger partial charge in [-0.2, -0.15) is 0 Å². The number of Topliss-reactive ketones (excluding diaryl/α,β-unsaturated/α-hetero) is 1. The van der Waals surface area contributed by atoms with Gasteiger partial charge in [-0.15, -0.1) is 0 Å². The number of hydrogen-bond donors (Lipinski definition) is 1. The Kier molecular flexibility index (Phi) is 3.92. The van der Waals surface area contributed by atoms with E-state index in [-0.39, 0.29) is 12.3 Å². The van der Waals surface area contributed by atoms with Gasteiger partial charge in [0.15, 0.2) is 6.54 Å². The lowest BCUT2D eigenvalue weighted by Gasteiger charge is -2.11. The molecule has 0 radical (unpaired) electrons. The van der Waals surface area contributed by atoms with Crippen LogP contribution in [0.25, 0.3) is 0 Å². The van der Waals surface area contributed by atoms with E-state index in [1.165, 1.54) is 23.4 Å². The Balaban J connectivity index is 1.90. The van der Waals surface area contributed by atoms with E-state index in [1.54, 1.807) is 24.5 Å². The SMILES string of the molecule is COc1ccccc1C(=O)C[n+]1c(N)sc2c1CCCC2. The third kappa shape index (κ3) is 2.65. The molecule has 3 rings (SSSR count). The number of anilines is 1. The Bertz CT molecular complexity index is 679. The molecule has 1 aliphatic carbocycles. The second kappa shape index (κ2) is 5.85. The second-order valence-electron chi connectivity index (χ2n) is 5.23. The lowest BCUT2D eigenvalue weighted by Crippen LogP contribution is -2.43. The fraction of sp³-hybridized carbons (Fsp3) is 0.375. The number of thiazole rings is 1. The number of nitrogens with two attached hydrogens (primary N) is 1. The van der Waals surface area contributed by atoms with E-state index < -0.39 is 0 Å². The van der Waals surface area contributed by atoms with Crippen LogP contribution in [0.3, 0.4) is 0 Å². The number of carbonyl (C=O) groups excluding carboxylic acids is 1. The Hall–Kier alpha value is -1.88. The van der Waals surface area contributed by atoms with Crippen LogP contribution in [0.2, 0.25) is 0 Å². The van der Waals surface area contributed by atoms with Crippen molar-refractivity contribution < 1.29 is 14.1 Å². The summed E-state index contributed by atoms with van der Waals surface area (Å²) in [7, 11) is 1.58. The number of nitrogens with zero attached hydrogens (tertiary/aromatic N) is 1. The number of rotatable bonds is 4. The van der Waals surface area contributed by atoms with E-state index in [0.717, 1.165) is 18.0 Å². The Morgan fingerprint density at radius 1 is 1.33 bits per heavy atom. The standard InChI is InChI=1S/C16H18N2O2S/c1-20-14-8-4-2-6-11(14)13(19)10-18-12-7-3-5-9-15(12)21-16(18)17/h2,4,6,8,17H,3,5,7,9-10H2,1H3/p+1. The first-order valence-corrected chi connectivity index (χ1v) is 7.98. The zero-order valence-electron chi connectivity index (χ0n) is 12.1. The monoisotopic (exact) mass is 303 g/mol. The van der Waals surface area contributed by atoms with Crippen molar-refractivity contribution >= 4 is 22.3 Å². The molecule has 1 aromatic carbocycles. The van der Waals surface area contributed by atoms with Gasteiger partial charge in [-0.25, -0.2) is 4.57 Å². The summed E-state index contributed by atoms with van der Waals surface area (Å²) in [4.78, 5) is 13.9. The summed E-state index contributed by atoms with van der Waals surface area (Å²) in [6.45, 7) is 0.290. The van der Waals surface area contributed by atoms with Crippen LogP contribution in [0.5, 0.6) is 5.75 Å². The first-order chi connectivity index (χ1) is 10.2. The van der Waals surface area contributed by atoms with Crippen molar-refractivity contribution in [3.63, 3.8) is 0 Å². The van der Waals surface area contributed by atoms with E-state index >= 15 is 0 Å². The third-order valence-electron chi connectivity index (χ3n) is 3.92. The van der Waals surface area contributed by atoms with Gasteiger partial charge in [-0.05, 0) is 31.4 Å². The van der Waals surface area contributed by atoms with Crippen LogP contribution in [0.15, 0.2) is 24.3 Å². The predicted octanol–water partition coefficient (Wildman–Crippen LogP) is 2.39. The molecule has 0 unspecified atom stereocenters. The number of para-hydroxylation sites is 1. The zero-order valence-corrected chi connectivity index (χ0v) is 12.9. The molecule has 0 spiro atoms. The number of benzene rings is 1. The largest absolute Gasteiger partial charge is 0.496 e. The summed E-state index contributed by atoms with van der Waals surface area (Å²) < 4.78 is 7.25. The van der Waals surface area contributed by atoms with Gasteiger partial charge in [0, 0.05) is 6.42 Å². The highest BCUT2D eigenvalue weighted by Crippen LogP contribution is 2.27. The minimum absolute atomic E-state index is 0.0373. The minimum Gasteiger partial charge on any atom is -0.496 e. The molecule has 2 aromatic rings. The molecule has 4 nitrogen and oxygen atoms in total. The maximum Gasteiger partial charge on any atom is 0.332 e. The number of nitrogen functional groups attached to an aromatic ring is 1. The number of carbonyl (C=O) groups is 1. The molecule has 0 saturated heterocycles. The normalized spacial score (nSPS) is 13.8. The van der Waals surface area contributed by atoms with E-state index in [1.807, 2.05) is 22.8 Å². The number of fused-ring (bicyclic) bond motifs is 1. The molecule has 1 aromatic heterocycles. The van der Waals surface area contributed by atoms with Gasteiger partial charge in [-0.3, -0.25) is 10.5 Å². The molecule has 0 amide bonds. The molecule has 0 atom stereocenters. The number of hydrogen-bond acceptors (Lipinski definition) is 4. The Morgan fingerprint density at radius 2 is 2.10 bits per heavy atom. The Morgan fingerprint density at radius 3 is 2.90 bits per heavy atom. The second-order valence-corrected chi connectivity index (χ2v) is 6.34. The average Bonchev–Trinajstić information content (AvgIpc) is 2.83. The van der Waals surface area contributed by atoms with Gasteiger partial charge in [0.25, 0.3) is 0 Å². The fourth-order valence-electron chi connectivity index (χ4n) is 2.85. The van der Waals surface area contributed by atoms with Crippen molar-refractivity contribution in [1.82, 2.24) is 0 Å². The third-order valence-corrected chi connectivity index (χ3v) is 5.03. The van der Waals surface area contributed by atoms with Crippen molar-refractivity contribution in [3.05, 3.63) is 40.4 Å². The summed E-state index contributed by atoms with van der Waals surface area (Å²) in [6, 6.07) is 7.33. The van der Waals surface area contributed by atoms with E-state index in [0.29, 0.717) is 11.3 Å². The molecular weight excluding hydrogens is 284 g/mol. The van der Waals surface area contributed by atoms with Gasteiger partial charge >= 0.3 is 5.13 Å². The molecule has 2 N–H and O–H groups in total. The lowest BCUT2D eigenvalue weighted by atomic mass is 10.0.